The topological polar surface area (TPSA) is 87.6 Å². The van der Waals surface area contributed by atoms with Crippen molar-refractivity contribution in [1.29, 1.82) is 0 Å². The second kappa shape index (κ2) is 7.88. The molecule has 1 atom stereocenters. The van der Waals surface area contributed by atoms with Crippen molar-refractivity contribution in [3.05, 3.63) is 80.1 Å². The van der Waals surface area contributed by atoms with Crippen LogP contribution >= 0.6 is 0 Å². The number of ether oxygens (including phenoxy) is 2. The molecule has 0 bridgehead atoms. The normalized spacial score (nSPS) is 16.9. The van der Waals surface area contributed by atoms with Crippen LogP contribution in [0.15, 0.2) is 52.1 Å². The quantitative estimate of drug-likeness (QED) is 0.489. The largest absolute Gasteiger partial charge is 0.508 e. The van der Waals surface area contributed by atoms with Gasteiger partial charge in [-0.25, -0.2) is 4.79 Å². The summed E-state index contributed by atoms with van der Waals surface area (Å²) in [5, 5.41) is 10.5. The van der Waals surface area contributed by atoms with E-state index < -0.39 is 17.3 Å². The van der Waals surface area contributed by atoms with Crippen LogP contribution in [0.1, 0.15) is 36.8 Å². The van der Waals surface area contributed by atoms with Crippen LogP contribution in [0, 0.1) is 6.92 Å². The van der Waals surface area contributed by atoms with Gasteiger partial charge in [0.2, 0.25) is 0 Å². The lowest BCUT2D eigenvalue weighted by Crippen LogP contribution is -2.40. The van der Waals surface area contributed by atoms with Crippen molar-refractivity contribution in [2.24, 2.45) is 14.1 Å². The molecule has 0 saturated heterocycles. The second-order valence-electron chi connectivity index (χ2n) is 9.80. The van der Waals surface area contributed by atoms with E-state index in [9.17, 15) is 14.7 Å². The molecule has 0 fully saturated rings. The summed E-state index contributed by atoms with van der Waals surface area (Å²) in [6, 6.07) is 12.9. The van der Waals surface area contributed by atoms with Gasteiger partial charge in [0.1, 0.15) is 17.6 Å². The van der Waals surface area contributed by atoms with Crippen molar-refractivity contribution < 1.29 is 14.6 Å². The molecule has 0 spiro atoms. The molecule has 1 aliphatic rings. The van der Waals surface area contributed by atoms with Gasteiger partial charge in [-0.05, 0) is 44.5 Å². The van der Waals surface area contributed by atoms with Crippen LogP contribution in [-0.2, 0) is 24.4 Å². The minimum absolute atomic E-state index is 0.0729. The van der Waals surface area contributed by atoms with Crippen LogP contribution < -0.4 is 16.0 Å². The van der Waals surface area contributed by atoms with Gasteiger partial charge in [0.05, 0.1) is 41.5 Å². The number of aromatic nitrogens is 3. The summed E-state index contributed by atoms with van der Waals surface area (Å²) in [4.78, 5) is 26.7. The fraction of sp³-hybridized carbons (Fsp3) is 0.333. The number of aryl methyl sites for hydroxylation is 2. The number of nitrogens with zero attached hydrogens (tertiary/aromatic N) is 3. The molecular formula is C27H29N3O5. The van der Waals surface area contributed by atoms with Crippen molar-refractivity contribution >= 4 is 10.9 Å². The van der Waals surface area contributed by atoms with E-state index in [0.29, 0.717) is 34.5 Å². The SMILES string of the molecule is COc1cc(O)ccc1C1OCC(C)(C)n2c(-c3cccc(C)c3)c3c(=O)n(C)c(=O)n(C)c3c21. The summed E-state index contributed by atoms with van der Waals surface area (Å²) in [7, 11) is 4.71. The highest BCUT2D eigenvalue weighted by Gasteiger charge is 2.41. The number of fused-ring (bicyclic) bond motifs is 3. The first kappa shape index (κ1) is 23.0. The fourth-order valence-electron chi connectivity index (χ4n) is 5.22. The first-order valence-electron chi connectivity index (χ1n) is 11.5. The highest BCUT2D eigenvalue weighted by molar-refractivity contribution is 5.97. The van der Waals surface area contributed by atoms with E-state index in [1.54, 1.807) is 19.2 Å². The van der Waals surface area contributed by atoms with Gasteiger partial charge in [0.25, 0.3) is 5.56 Å². The molecule has 5 rings (SSSR count). The third-order valence-corrected chi connectivity index (χ3v) is 6.86. The molecule has 3 heterocycles. The highest BCUT2D eigenvalue weighted by Crippen LogP contribution is 2.47. The first-order chi connectivity index (χ1) is 16.6. The van der Waals surface area contributed by atoms with E-state index in [0.717, 1.165) is 21.4 Å². The van der Waals surface area contributed by atoms with Crippen molar-refractivity contribution in [3.63, 3.8) is 0 Å². The highest BCUT2D eigenvalue weighted by atomic mass is 16.5. The Hall–Kier alpha value is -3.78. The number of rotatable bonds is 3. The molecule has 8 heteroatoms. The Morgan fingerprint density at radius 3 is 2.51 bits per heavy atom. The van der Waals surface area contributed by atoms with Crippen LogP contribution in [0.5, 0.6) is 11.5 Å². The summed E-state index contributed by atoms with van der Waals surface area (Å²) < 4.78 is 16.8. The molecule has 182 valence electrons. The number of phenols is 1. The average molecular weight is 476 g/mol. The number of hydrogen-bond acceptors (Lipinski definition) is 5. The number of methoxy groups -OCH3 is 1. The number of hydrogen-bond donors (Lipinski definition) is 1. The van der Waals surface area contributed by atoms with E-state index in [4.69, 9.17) is 9.47 Å². The van der Waals surface area contributed by atoms with E-state index in [-0.39, 0.29) is 11.3 Å². The lowest BCUT2D eigenvalue weighted by Gasteiger charge is -2.39. The Morgan fingerprint density at radius 1 is 1.09 bits per heavy atom. The minimum atomic E-state index is -0.627. The monoisotopic (exact) mass is 475 g/mol. The smallest absolute Gasteiger partial charge is 0.331 e. The Bertz CT molecular complexity index is 1610. The van der Waals surface area contributed by atoms with Crippen LogP contribution in [0.3, 0.4) is 0 Å². The number of benzene rings is 2. The predicted molar refractivity (Wildman–Crippen MR) is 134 cm³/mol. The summed E-state index contributed by atoms with van der Waals surface area (Å²) in [6.07, 6.45) is -0.627. The third-order valence-electron chi connectivity index (χ3n) is 6.86. The lowest BCUT2D eigenvalue weighted by atomic mass is 9.97. The van der Waals surface area contributed by atoms with Gasteiger partial charge < -0.3 is 19.1 Å². The number of aromatic hydroxyl groups is 1. The van der Waals surface area contributed by atoms with E-state index in [1.807, 2.05) is 31.2 Å². The van der Waals surface area contributed by atoms with Crippen LogP contribution in [-0.4, -0.2) is 32.5 Å². The standard InChI is InChI=1S/C27H29N3O5/c1-15-8-7-9-16(12-15)21-20-22(28(4)26(33)29(5)25(20)32)23-24(35-14-27(2,3)30(21)23)18-11-10-17(31)13-19(18)34-6/h7-13,24,31H,14H2,1-6H3. The minimum Gasteiger partial charge on any atom is -0.508 e. The third kappa shape index (κ3) is 3.31. The summed E-state index contributed by atoms with van der Waals surface area (Å²) in [5.74, 6) is 0.533. The molecule has 0 aliphatic carbocycles. The Balaban J connectivity index is 2.01. The van der Waals surface area contributed by atoms with Crippen molar-refractivity contribution in [1.82, 2.24) is 13.7 Å². The molecule has 2 aromatic heterocycles. The van der Waals surface area contributed by atoms with Gasteiger partial charge in [-0.2, -0.15) is 0 Å². The molecule has 2 aromatic carbocycles. The maximum Gasteiger partial charge on any atom is 0.331 e. The lowest BCUT2D eigenvalue weighted by molar-refractivity contribution is -0.00801. The average Bonchev–Trinajstić information content (AvgIpc) is 3.19. The van der Waals surface area contributed by atoms with Crippen LogP contribution in [0.25, 0.3) is 22.2 Å². The molecular weight excluding hydrogens is 446 g/mol. The van der Waals surface area contributed by atoms with Gasteiger partial charge in [-0.3, -0.25) is 13.9 Å². The van der Waals surface area contributed by atoms with Gasteiger partial charge in [0, 0.05) is 25.7 Å². The molecule has 8 nitrogen and oxygen atoms in total. The molecule has 4 aromatic rings. The van der Waals surface area contributed by atoms with Crippen LogP contribution in [0.4, 0.5) is 0 Å². The molecule has 1 unspecified atom stereocenters. The van der Waals surface area contributed by atoms with E-state index in [1.165, 1.54) is 24.8 Å². The Kier molecular flexibility index (Phi) is 5.18. The van der Waals surface area contributed by atoms with Crippen molar-refractivity contribution in [2.45, 2.75) is 32.4 Å². The fourth-order valence-corrected chi connectivity index (χ4v) is 5.22. The molecule has 0 radical (unpaired) electrons. The first-order valence-corrected chi connectivity index (χ1v) is 11.5. The molecule has 1 N–H and O–H groups in total. The molecule has 0 amide bonds. The predicted octanol–water partition coefficient (Wildman–Crippen LogP) is 3.58. The Morgan fingerprint density at radius 2 is 1.83 bits per heavy atom. The van der Waals surface area contributed by atoms with Crippen LogP contribution in [0.2, 0.25) is 0 Å². The van der Waals surface area contributed by atoms with Gasteiger partial charge in [0.15, 0.2) is 0 Å². The molecule has 35 heavy (non-hydrogen) atoms. The maximum absolute atomic E-state index is 13.7. The second-order valence-corrected chi connectivity index (χ2v) is 9.80. The van der Waals surface area contributed by atoms with Crippen molar-refractivity contribution in [2.75, 3.05) is 13.7 Å². The van der Waals surface area contributed by atoms with Gasteiger partial charge >= 0.3 is 5.69 Å². The summed E-state index contributed by atoms with van der Waals surface area (Å²) >= 11 is 0. The van der Waals surface area contributed by atoms with Gasteiger partial charge in [-0.1, -0.05) is 23.8 Å². The van der Waals surface area contributed by atoms with Crippen molar-refractivity contribution in [3.8, 4) is 22.8 Å². The van der Waals surface area contributed by atoms with E-state index in [2.05, 4.69) is 18.4 Å². The zero-order chi connectivity index (χ0) is 25.2. The molecule has 1 aliphatic heterocycles. The number of phenolic OH excluding ortho intramolecular Hbond substituents is 1. The molecule has 0 saturated carbocycles. The Labute approximate surface area is 202 Å². The summed E-state index contributed by atoms with van der Waals surface area (Å²) in [6.45, 7) is 6.49. The van der Waals surface area contributed by atoms with E-state index >= 15 is 0 Å². The maximum atomic E-state index is 13.7. The summed E-state index contributed by atoms with van der Waals surface area (Å²) in [5.41, 5.74) is 3.36. The van der Waals surface area contributed by atoms with Gasteiger partial charge in [-0.15, -0.1) is 0 Å². The zero-order valence-corrected chi connectivity index (χ0v) is 20.7. The zero-order valence-electron chi connectivity index (χ0n) is 20.7.